The zero-order valence-electron chi connectivity index (χ0n) is 11.7. The van der Waals surface area contributed by atoms with Crippen LogP contribution in [0, 0.1) is 0 Å². The summed E-state index contributed by atoms with van der Waals surface area (Å²) < 4.78 is 0. The largest absolute Gasteiger partial charge is 0.352 e. The number of carbonyl (C=O) groups excluding carboxylic acids is 1. The maximum absolute atomic E-state index is 12.1. The Hall–Kier alpha value is -0.610. The van der Waals surface area contributed by atoms with Gasteiger partial charge in [-0.05, 0) is 26.7 Å². The fourth-order valence-corrected chi connectivity index (χ4v) is 3.02. The molecule has 4 nitrogen and oxygen atoms in total. The summed E-state index contributed by atoms with van der Waals surface area (Å²) in [4.78, 5) is 14.3. The van der Waals surface area contributed by atoms with Crippen molar-refractivity contribution in [2.45, 2.75) is 64.1 Å². The molecule has 1 saturated heterocycles. The Kier molecular flexibility index (Phi) is 5.01. The minimum Gasteiger partial charge on any atom is -0.352 e. The van der Waals surface area contributed by atoms with Crippen LogP contribution in [-0.2, 0) is 4.79 Å². The number of nitrogens with one attached hydrogen (secondary N) is 2. The molecule has 0 spiro atoms. The van der Waals surface area contributed by atoms with Crippen LogP contribution in [0.25, 0.3) is 0 Å². The van der Waals surface area contributed by atoms with Crippen molar-refractivity contribution < 1.29 is 4.79 Å². The zero-order chi connectivity index (χ0) is 13.0. The summed E-state index contributed by atoms with van der Waals surface area (Å²) in [6.07, 6.45) is 6.20. The second-order valence-corrected chi connectivity index (χ2v) is 5.99. The van der Waals surface area contributed by atoms with Gasteiger partial charge in [-0.2, -0.15) is 0 Å². The lowest BCUT2D eigenvalue weighted by Gasteiger charge is -2.37. The van der Waals surface area contributed by atoms with Crippen LogP contribution in [0.15, 0.2) is 0 Å². The van der Waals surface area contributed by atoms with E-state index in [0.29, 0.717) is 24.7 Å². The first-order valence-corrected chi connectivity index (χ1v) is 7.42. The van der Waals surface area contributed by atoms with Gasteiger partial charge >= 0.3 is 0 Å². The van der Waals surface area contributed by atoms with Crippen LogP contribution >= 0.6 is 0 Å². The van der Waals surface area contributed by atoms with E-state index in [-0.39, 0.29) is 5.91 Å². The third-order valence-electron chi connectivity index (χ3n) is 4.21. The molecule has 1 amide bonds. The molecule has 1 aliphatic heterocycles. The van der Waals surface area contributed by atoms with Crippen molar-refractivity contribution in [3.63, 3.8) is 0 Å². The molecule has 0 aromatic heterocycles. The Balaban J connectivity index is 1.75. The topological polar surface area (TPSA) is 44.4 Å². The predicted octanol–water partition coefficient (Wildman–Crippen LogP) is 1.12. The Bertz CT molecular complexity index is 276. The molecule has 2 unspecified atom stereocenters. The van der Waals surface area contributed by atoms with Crippen LogP contribution in [0.1, 0.15) is 46.0 Å². The van der Waals surface area contributed by atoms with Gasteiger partial charge in [0.25, 0.3) is 0 Å². The molecule has 1 saturated carbocycles. The molecule has 1 aliphatic carbocycles. The molecule has 104 valence electrons. The highest BCUT2D eigenvalue weighted by atomic mass is 16.2. The van der Waals surface area contributed by atoms with E-state index in [1.165, 1.54) is 32.1 Å². The van der Waals surface area contributed by atoms with Crippen LogP contribution in [0.5, 0.6) is 0 Å². The highest BCUT2D eigenvalue weighted by Crippen LogP contribution is 2.17. The van der Waals surface area contributed by atoms with Gasteiger partial charge in [-0.25, -0.2) is 0 Å². The van der Waals surface area contributed by atoms with Gasteiger partial charge in [-0.1, -0.05) is 19.3 Å². The van der Waals surface area contributed by atoms with Gasteiger partial charge in [0.15, 0.2) is 0 Å². The normalized spacial score (nSPS) is 31.2. The van der Waals surface area contributed by atoms with Crippen LogP contribution in [0.4, 0.5) is 0 Å². The number of hydrogen-bond acceptors (Lipinski definition) is 3. The molecule has 0 aromatic carbocycles. The van der Waals surface area contributed by atoms with Crippen LogP contribution in [-0.4, -0.2) is 48.6 Å². The smallest absolute Gasteiger partial charge is 0.234 e. The van der Waals surface area contributed by atoms with Crippen LogP contribution < -0.4 is 10.6 Å². The predicted molar refractivity (Wildman–Crippen MR) is 73.5 cm³/mol. The lowest BCUT2D eigenvalue weighted by Crippen LogP contribution is -2.57. The number of carbonyl (C=O) groups is 1. The van der Waals surface area contributed by atoms with Crippen molar-refractivity contribution in [1.82, 2.24) is 15.5 Å². The van der Waals surface area contributed by atoms with Crippen molar-refractivity contribution in [1.29, 1.82) is 0 Å². The van der Waals surface area contributed by atoms with Gasteiger partial charge in [-0.15, -0.1) is 0 Å². The van der Waals surface area contributed by atoms with Gasteiger partial charge in [0.1, 0.15) is 0 Å². The Labute approximate surface area is 110 Å². The standard InChI is InChI=1S/C14H27N3O/c1-11-9-17(12(2)8-15-11)10-14(18)16-13-6-4-3-5-7-13/h11-13,15H,3-10H2,1-2H3,(H,16,18). The third-order valence-corrected chi connectivity index (χ3v) is 4.21. The average molecular weight is 253 g/mol. The fraction of sp³-hybridized carbons (Fsp3) is 0.929. The van der Waals surface area contributed by atoms with Gasteiger partial charge < -0.3 is 10.6 Å². The van der Waals surface area contributed by atoms with E-state index in [4.69, 9.17) is 0 Å². The van der Waals surface area contributed by atoms with Gasteiger partial charge in [0.05, 0.1) is 6.54 Å². The van der Waals surface area contributed by atoms with Crippen molar-refractivity contribution in [3.05, 3.63) is 0 Å². The van der Waals surface area contributed by atoms with Gasteiger partial charge in [0, 0.05) is 31.2 Å². The van der Waals surface area contributed by atoms with E-state index in [0.717, 1.165) is 13.1 Å². The van der Waals surface area contributed by atoms with E-state index >= 15 is 0 Å². The monoisotopic (exact) mass is 253 g/mol. The zero-order valence-corrected chi connectivity index (χ0v) is 11.7. The van der Waals surface area contributed by atoms with Crippen molar-refractivity contribution >= 4 is 5.91 Å². The van der Waals surface area contributed by atoms with E-state index in [1.54, 1.807) is 0 Å². The summed E-state index contributed by atoms with van der Waals surface area (Å²) in [6, 6.07) is 1.38. The molecular formula is C14H27N3O. The quantitative estimate of drug-likeness (QED) is 0.792. The second kappa shape index (κ2) is 6.53. The Morgan fingerprint density at radius 3 is 2.72 bits per heavy atom. The molecule has 18 heavy (non-hydrogen) atoms. The first kappa shape index (κ1) is 13.8. The van der Waals surface area contributed by atoms with Crippen LogP contribution in [0.3, 0.4) is 0 Å². The SMILES string of the molecule is CC1CN(CC(=O)NC2CCCCC2)C(C)CN1. The number of piperazine rings is 1. The van der Waals surface area contributed by atoms with Crippen molar-refractivity contribution in [2.75, 3.05) is 19.6 Å². The maximum atomic E-state index is 12.1. The van der Waals surface area contributed by atoms with Crippen molar-refractivity contribution in [3.8, 4) is 0 Å². The van der Waals surface area contributed by atoms with Crippen LogP contribution in [0.2, 0.25) is 0 Å². The minimum atomic E-state index is 0.211. The third kappa shape index (κ3) is 3.95. The maximum Gasteiger partial charge on any atom is 0.234 e. The van der Waals surface area contributed by atoms with E-state index in [9.17, 15) is 4.79 Å². The first-order valence-electron chi connectivity index (χ1n) is 7.42. The molecule has 0 bridgehead atoms. The summed E-state index contributed by atoms with van der Waals surface area (Å²) in [5, 5.41) is 6.64. The molecule has 1 heterocycles. The first-order chi connectivity index (χ1) is 8.65. The summed E-state index contributed by atoms with van der Waals surface area (Å²) in [5.41, 5.74) is 0. The number of hydrogen-bond donors (Lipinski definition) is 2. The number of nitrogens with zero attached hydrogens (tertiary/aromatic N) is 1. The van der Waals surface area contributed by atoms with E-state index < -0.39 is 0 Å². The molecule has 4 heteroatoms. The molecule has 2 aliphatic rings. The summed E-state index contributed by atoms with van der Waals surface area (Å²) in [5.74, 6) is 0.211. The Morgan fingerprint density at radius 2 is 2.00 bits per heavy atom. The van der Waals surface area contributed by atoms with E-state index in [1.807, 2.05) is 0 Å². The summed E-state index contributed by atoms with van der Waals surface area (Å²) in [7, 11) is 0. The molecule has 2 atom stereocenters. The Morgan fingerprint density at radius 1 is 1.28 bits per heavy atom. The molecule has 2 rings (SSSR count). The lowest BCUT2D eigenvalue weighted by atomic mass is 9.95. The number of rotatable bonds is 3. The molecule has 0 aromatic rings. The summed E-state index contributed by atoms with van der Waals surface area (Å²) in [6.45, 7) is 6.88. The second-order valence-electron chi connectivity index (χ2n) is 5.99. The van der Waals surface area contributed by atoms with Gasteiger partial charge in [0.2, 0.25) is 5.91 Å². The molecule has 2 N–H and O–H groups in total. The number of amides is 1. The van der Waals surface area contributed by atoms with Gasteiger partial charge in [-0.3, -0.25) is 9.69 Å². The molecule has 0 radical (unpaired) electrons. The van der Waals surface area contributed by atoms with Crippen molar-refractivity contribution in [2.24, 2.45) is 0 Å². The minimum absolute atomic E-state index is 0.211. The fourth-order valence-electron chi connectivity index (χ4n) is 3.02. The lowest BCUT2D eigenvalue weighted by molar-refractivity contribution is -0.124. The average Bonchev–Trinajstić information content (AvgIpc) is 2.35. The molecule has 2 fully saturated rings. The summed E-state index contributed by atoms with van der Waals surface area (Å²) >= 11 is 0. The van der Waals surface area contributed by atoms with E-state index in [2.05, 4.69) is 29.4 Å². The highest BCUT2D eigenvalue weighted by molar-refractivity contribution is 5.78. The highest BCUT2D eigenvalue weighted by Gasteiger charge is 2.25. The molecular weight excluding hydrogens is 226 g/mol.